The number of nitrogens with one attached hydrogen (secondary N) is 1. The van der Waals surface area contributed by atoms with Crippen molar-refractivity contribution in [1.29, 1.82) is 0 Å². The Kier molecular flexibility index (Phi) is 4.80. The van der Waals surface area contributed by atoms with Crippen molar-refractivity contribution in [2.45, 2.75) is 38.8 Å². The molecule has 1 saturated heterocycles. The number of carbonyl (C=O) groups excluding carboxylic acids is 1. The predicted octanol–water partition coefficient (Wildman–Crippen LogP) is 2.81. The van der Waals surface area contributed by atoms with Crippen LogP contribution in [-0.2, 0) is 9.53 Å². The molecule has 1 fully saturated rings. The van der Waals surface area contributed by atoms with Crippen molar-refractivity contribution in [1.82, 2.24) is 14.9 Å². The summed E-state index contributed by atoms with van der Waals surface area (Å²) in [6.45, 7) is 4.99. The Morgan fingerprint density at radius 3 is 2.83 bits per heavy atom. The van der Waals surface area contributed by atoms with Crippen LogP contribution in [0.2, 0.25) is 0 Å². The summed E-state index contributed by atoms with van der Waals surface area (Å²) in [4.78, 5) is 16.7. The highest BCUT2D eigenvalue weighted by Gasteiger charge is 2.27. The fraction of sp³-hybridized carbons (Fsp3) is 0.529. The molecular weight excluding hydrogens is 316 g/mol. The summed E-state index contributed by atoms with van der Waals surface area (Å²) in [6, 6.07) is 1.57. The summed E-state index contributed by atoms with van der Waals surface area (Å²) in [5.74, 6) is -2.12. The molecular formula is C17H21F2N3O2. The maximum absolute atomic E-state index is 13.6. The number of benzene rings is 1. The first-order valence-electron chi connectivity index (χ1n) is 8.18. The minimum atomic E-state index is -0.952. The Morgan fingerprint density at radius 1 is 1.42 bits per heavy atom. The molecule has 1 N–H and O–H groups in total. The molecule has 0 spiro atoms. The highest BCUT2D eigenvalue weighted by atomic mass is 19.2. The molecule has 130 valence electrons. The lowest BCUT2D eigenvalue weighted by Crippen LogP contribution is -2.39. The molecule has 1 aromatic carbocycles. The van der Waals surface area contributed by atoms with E-state index in [0.717, 1.165) is 31.6 Å². The lowest BCUT2D eigenvalue weighted by atomic mass is 10.0. The first kappa shape index (κ1) is 16.8. The van der Waals surface area contributed by atoms with Crippen LogP contribution in [0.25, 0.3) is 11.0 Å². The number of rotatable bonds is 5. The van der Waals surface area contributed by atoms with Crippen molar-refractivity contribution in [3.8, 4) is 0 Å². The zero-order valence-corrected chi connectivity index (χ0v) is 13.8. The van der Waals surface area contributed by atoms with E-state index in [0.29, 0.717) is 17.6 Å². The average Bonchev–Trinajstić information content (AvgIpc) is 3.17. The highest BCUT2D eigenvalue weighted by molar-refractivity contribution is 5.84. The SMILES string of the molecule is CC(C)[C@H](C(=O)NC[C@@H]1CCCO1)n1cnc2cc(F)c(F)cc21. The number of halogens is 2. The Balaban J connectivity index is 1.85. The molecule has 2 atom stereocenters. The molecule has 2 heterocycles. The van der Waals surface area contributed by atoms with E-state index in [-0.39, 0.29) is 17.9 Å². The van der Waals surface area contributed by atoms with Gasteiger partial charge in [0.25, 0.3) is 0 Å². The van der Waals surface area contributed by atoms with Crippen LogP contribution >= 0.6 is 0 Å². The summed E-state index contributed by atoms with van der Waals surface area (Å²) in [7, 11) is 0. The van der Waals surface area contributed by atoms with Crippen LogP contribution < -0.4 is 5.32 Å². The van der Waals surface area contributed by atoms with Crippen LogP contribution in [-0.4, -0.2) is 34.7 Å². The van der Waals surface area contributed by atoms with E-state index < -0.39 is 17.7 Å². The van der Waals surface area contributed by atoms with Crippen molar-refractivity contribution in [2.24, 2.45) is 5.92 Å². The van der Waals surface area contributed by atoms with Gasteiger partial charge in [0.15, 0.2) is 11.6 Å². The molecule has 0 aliphatic carbocycles. The Bertz CT molecular complexity index is 739. The Labute approximate surface area is 139 Å². The van der Waals surface area contributed by atoms with Crippen molar-refractivity contribution >= 4 is 16.9 Å². The number of hydrogen-bond donors (Lipinski definition) is 1. The molecule has 24 heavy (non-hydrogen) atoms. The maximum Gasteiger partial charge on any atom is 0.243 e. The van der Waals surface area contributed by atoms with Gasteiger partial charge in [0.05, 0.1) is 23.5 Å². The number of nitrogens with zero attached hydrogens (tertiary/aromatic N) is 2. The number of ether oxygens (including phenoxy) is 1. The average molecular weight is 337 g/mol. The van der Waals surface area contributed by atoms with Crippen molar-refractivity contribution in [3.05, 3.63) is 30.1 Å². The lowest BCUT2D eigenvalue weighted by molar-refractivity contribution is -0.126. The van der Waals surface area contributed by atoms with Gasteiger partial charge in [-0.2, -0.15) is 0 Å². The van der Waals surface area contributed by atoms with Crippen LogP contribution in [0.4, 0.5) is 8.78 Å². The summed E-state index contributed by atoms with van der Waals surface area (Å²) < 4.78 is 34.1. The predicted molar refractivity (Wildman–Crippen MR) is 85.5 cm³/mol. The van der Waals surface area contributed by atoms with Gasteiger partial charge in [-0.05, 0) is 18.8 Å². The largest absolute Gasteiger partial charge is 0.376 e. The van der Waals surface area contributed by atoms with Gasteiger partial charge in [0.1, 0.15) is 6.04 Å². The number of carbonyl (C=O) groups is 1. The molecule has 0 unspecified atom stereocenters. The topological polar surface area (TPSA) is 56.1 Å². The third-order valence-corrected chi connectivity index (χ3v) is 4.34. The molecule has 0 bridgehead atoms. The molecule has 1 aliphatic heterocycles. The number of imidazole rings is 1. The zero-order chi connectivity index (χ0) is 17.3. The first-order valence-corrected chi connectivity index (χ1v) is 8.18. The number of hydrogen-bond acceptors (Lipinski definition) is 3. The quantitative estimate of drug-likeness (QED) is 0.913. The highest BCUT2D eigenvalue weighted by Crippen LogP contribution is 2.25. The monoisotopic (exact) mass is 337 g/mol. The molecule has 3 rings (SSSR count). The molecule has 1 amide bonds. The number of aromatic nitrogens is 2. The second-order valence-electron chi connectivity index (χ2n) is 6.48. The van der Waals surface area contributed by atoms with E-state index >= 15 is 0 Å². The van der Waals surface area contributed by atoms with Crippen molar-refractivity contribution < 1.29 is 18.3 Å². The van der Waals surface area contributed by atoms with Crippen LogP contribution in [0.3, 0.4) is 0 Å². The number of fused-ring (bicyclic) bond motifs is 1. The minimum absolute atomic E-state index is 0.0417. The van der Waals surface area contributed by atoms with Crippen LogP contribution in [0.15, 0.2) is 18.5 Å². The third-order valence-electron chi connectivity index (χ3n) is 4.34. The van der Waals surface area contributed by atoms with Crippen LogP contribution in [0.1, 0.15) is 32.7 Å². The van der Waals surface area contributed by atoms with Crippen molar-refractivity contribution in [3.63, 3.8) is 0 Å². The lowest BCUT2D eigenvalue weighted by Gasteiger charge is -2.23. The second-order valence-corrected chi connectivity index (χ2v) is 6.48. The van der Waals surface area contributed by atoms with Crippen LogP contribution in [0, 0.1) is 17.6 Å². The van der Waals surface area contributed by atoms with Gasteiger partial charge in [0.2, 0.25) is 5.91 Å². The molecule has 7 heteroatoms. The summed E-state index contributed by atoms with van der Waals surface area (Å²) in [6.07, 6.45) is 3.45. The van der Waals surface area contributed by atoms with E-state index in [4.69, 9.17) is 4.74 Å². The fourth-order valence-electron chi connectivity index (χ4n) is 3.12. The normalized spacial score (nSPS) is 19.1. The molecule has 0 saturated carbocycles. The summed E-state index contributed by atoms with van der Waals surface area (Å²) >= 11 is 0. The van der Waals surface area contributed by atoms with Gasteiger partial charge < -0.3 is 14.6 Å². The van der Waals surface area contributed by atoms with Crippen molar-refractivity contribution in [2.75, 3.05) is 13.2 Å². The van der Waals surface area contributed by atoms with Gasteiger partial charge in [-0.15, -0.1) is 0 Å². The molecule has 2 aromatic rings. The summed E-state index contributed by atoms with van der Waals surface area (Å²) in [5.41, 5.74) is 0.728. The Hall–Kier alpha value is -2.02. The smallest absolute Gasteiger partial charge is 0.243 e. The second kappa shape index (κ2) is 6.84. The molecule has 1 aliphatic rings. The first-order chi connectivity index (χ1) is 11.5. The zero-order valence-electron chi connectivity index (χ0n) is 13.8. The Morgan fingerprint density at radius 2 is 2.17 bits per heavy atom. The van der Waals surface area contributed by atoms with E-state index in [9.17, 15) is 13.6 Å². The molecule has 1 aromatic heterocycles. The van der Waals surface area contributed by atoms with E-state index in [2.05, 4.69) is 10.3 Å². The molecule has 0 radical (unpaired) electrons. The molecule has 5 nitrogen and oxygen atoms in total. The minimum Gasteiger partial charge on any atom is -0.376 e. The van der Waals surface area contributed by atoms with Gasteiger partial charge in [-0.3, -0.25) is 4.79 Å². The van der Waals surface area contributed by atoms with E-state index in [1.54, 1.807) is 4.57 Å². The standard InChI is InChI=1S/C17H21F2N3O2/c1-10(2)16(17(23)20-8-11-4-3-5-24-11)22-9-21-14-6-12(18)13(19)7-15(14)22/h6-7,9-11,16H,3-5,8H2,1-2H3,(H,20,23)/t11-,16+/m0/s1. The van der Waals surface area contributed by atoms with Gasteiger partial charge >= 0.3 is 0 Å². The number of amides is 1. The van der Waals surface area contributed by atoms with Gasteiger partial charge in [-0.25, -0.2) is 13.8 Å². The third kappa shape index (κ3) is 3.26. The van der Waals surface area contributed by atoms with Gasteiger partial charge in [0, 0.05) is 25.3 Å². The summed E-state index contributed by atoms with van der Waals surface area (Å²) in [5, 5.41) is 2.90. The van der Waals surface area contributed by atoms with E-state index in [1.807, 2.05) is 13.8 Å². The van der Waals surface area contributed by atoms with Gasteiger partial charge in [-0.1, -0.05) is 13.8 Å². The fourth-order valence-corrected chi connectivity index (χ4v) is 3.12. The maximum atomic E-state index is 13.6. The van der Waals surface area contributed by atoms with Crippen LogP contribution in [0.5, 0.6) is 0 Å². The van der Waals surface area contributed by atoms with E-state index in [1.165, 1.54) is 6.33 Å².